The highest BCUT2D eigenvalue weighted by Crippen LogP contribution is 2.22. The third-order valence-corrected chi connectivity index (χ3v) is 3.64. The maximum Gasteiger partial charge on any atom is 0.0728 e. The van der Waals surface area contributed by atoms with Crippen LogP contribution in [0.4, 0.5) is 0 Å². The Morgan fingerprint density at radius 1 is 1.27 bits per heavy atom. The number of ether oxygens (including phenoxy) is 2. The molecule has 88 valence electrons. The first-order valence-corrected chi connectivity index (χ1v) is 6.26. The molecule has 0 aromatic rings. The van der Waals surface area contributed by atoms with Gasteiger partial charge in [0.05, 0.1) is 19.3 Å². The first kappa shape index (κ1) is 11.4. The molecule has 2 rings (SSSR count). The van der Waals surface area contributed by atoms with Crippen molar-refractivity contribution in [3.05, 3.63) is 0 Å². The van der Waals surface area contributed by atoms with Crippen molar-refractivity contribution < 1.29 is 9.47 Å². The van der Waals surface area contributed by atoms with Crippen LogP contribution in [-0.4, -0.2) is 39.0 Å². The SMILES string of the molecule is CNC1CCCCC1OCC1CCOC1. The summed E-state index contributed by atoms with van der Waals surface area (Å²) >= 11 is 0. The van der Waals surface area contributed by atoms with E-state index in [0.717, 1.165) is 19.8 Å². The smallest absolute Gasteiger partial charge is 0.0728 e. The molecule has 0 spiro atoms. The first-order chi connectivity index (χ1) is 7.40. The number of rotatable bonds is 4. The topological polar surface area (TPSA) is 30.5 Å². The number of nitrogens with one attached hydrogen (secondary N) is 1. The van der Waals surface area contributed by atoms with Crippen molar-refractivity contribution in [3.8, 4) is 0 Å². The van der Waals surface area contributed by atoms with Crippen LogP contribution in [0, 0.1) is 5.92 Å². The number of hydrogen-bond donors (Lipinski definition) is 1. The molecule has 0 radical (unpaired) electrons. The lowest BCUT2D eigenvalue weighted by Crippen LogP contribution is -2.42. The fourth-order valence-corrected chi connectivity index (χ4v) is 2.60. The summed E-state index contributed by atoms with van der Waals surface area (Å²) in [6.45, 7) is 2.72. The molecule has 0 bridgehead atoms. The van der Waals surface area contributed by atoms with Gasteiger partial charge in [-0.15, -0.1) is 0 Å². The zero-order chi connectivity index (χ0) is 10.5. The van der Waals surface area contributed by atoms with Crippen LogP contribution in [0.2, 0.25) is 0 Å². The van der Waals surface area contributed by atoms with Gasteiger partial charge < -0.3 is 14.8 Å². The van der Waals surface area contributed by atoms with E-state index in [1.807, 2.05) is 7.05 Å². The number of likely N-dealkylation sites (N-methyl/N-ethyl adjacent to an activating group) is 1. The van der Waals surface area contributed by atoms with Gasteiger partial charge in [0.1, 0.15) is 0 Å². The molecule has 3 heteroatoms. The molecule has 3 unspecified atom stereocenters. The lowest BCUT2D eigenvalue weighted by atomic mass is 9.92. The number of hydrogen-bond acceptors (Lipinski definition) is 3. The molecule has 0 amide bonds. The lowest BCUT2D eigenvalue weighted by molar-refractivity contribution is -0.0119. The highest BCUT2D eigenvalue weighted by atomic mass is 16.5. The van der Waals surface area contributed by atoms with Crippen molar-refractivity contribution >= 4 is 0 Å². The van der Waals surface area contributed by atoms with E-state index in [9.17, 15) is 0 Å². The molecular formula is C12H23NO2. The zero-order valence-corrected chi connectivity index (χ0v) is 9.71. The van der Waals surface area contributed by atoms with Crippen LogP contribution in [0.3, 0.4) is 0 Å². The second-order valence-electron chi connectivity index (χ2n) is 4.78. The quantitative estimate of drug-likeness (QED) is 0.769. The standard InChI is InChI=1S/C12H23NO2/c1-13-11-4-2-3-5-12(11)15-9-10-6-7-14-8-10/h10-13H,2-9H2,1H3. The second kappa shape index (κ2) is 5.83. The molecule has 2 aliphatic rings. The van der Waals surface area contributed by atoms with Crippen molar-refractivity contribution in [1.29, 1.82) is 0 Å². The van der Waals surface area contributed by atoms with Crippen LogP contribution in [0.1, 0.15) is 32.1 Å². The van der Waals surface area contributed by atoms with Gasteiger partial charge in [0.25, 0.3) is 0 Å². The molecule has 1 N–H and O–H groups in total. The average molecular weight is 213 g/mol. The van der Waals surface area contributed by atoms with Crippen LogP contribution >= 0.6 is 0 Å². The van der Waals surface area contributed by atoms with Gasteiger partial charge in [-0.05, 0) is 26.3 Å². The van der Waals surface area contributed by atoms with Crippen molar-refractivity contribution in [2.24, 2.45) is 5.92 Å². The van der Waals surface area contributed by atoms with E-state index in [-0.39, 0.29) is 0 Å². The summed E-state index contributed by atoms with van der Waals surface area (Å²) in [5.41, 5.74) is 0. The van der Waals surface area contributed by atoms with E-state index in [2.05, 4.69) is 5.32 Å². The third kappa shape index (κ3) is 3.16. The largest absolute Gasteiger partial charge is 0.381 e. The molecule has 0 aromatic heterocycles. The average Bonchev–Trinajstić information content (AvgIpc) is 2.79. The molecule has 1 saturated heterocycles. The van der Waals surface area contributed by atoms with Gasteiger partial charge in [-0.3, -0.25) is 0 Å². The highest BCUT2D eigenvalue weighted by Gasteiger charge is 2.26. The van der Waals surface area contributed by atoms with Crippen molar-refractivity contribution in [1.82, 2.24) is 5.32 Å². The van der Waals surface area contributed by atoms with E-state index in [0.29, 0.717) is 18.1 Å². The molecule has 1 aliphatic heterocycles. The van der Waals surface area contributed by atoms with Gasteiger partial charge in [0, 0.05) is 18.6 Å². The monoisotopic (exact) mass is 213 g/mol. The first-order valence-electron chi connectivity index (χ1n) is 6.26. The summed E-state index contributed by atoms with van der Waals surface area (Å²) in [6, 6.07) is 0.570. The van der Waals surface area contributed by atoms with Crippen molar-refractivity contribution in [3.63, 3.8) is 0 Å². The normalized spacial score (nSPS) is 37.0. The Hall–Kier alpha value is -0.120. The Labute approximate surface area is 92.5 Å². The predicted molar refractivity (Wildman–Crippen MR) is 60.0 cm³/mol. The van der Waals surface area contributed by atoms with Gasteiger partial charge in [0.2, 0.25) is 0 Å². The van der Waals surface area contributed by atoms with E-state index in [1.165, 1.54) is 32.1 Å². The molecule has 1 saturated carbocycles. The summed E-state index contributed by atoms with van der Waals surface area (Å²) in [5.74, 6) is 0.643. The van der Waals surface area contributed by atoms with Crippen LogP contribution in [0.15, 0.2) is 0 Å². The fraction of sp³-hybridized carbons (Fsp3) is 1.00. The summed E-state index contributed by atoms with van der Waals surface area (Å²) in [7, 11) is 2.05. The minimum atomic E-state index is 0.435. The Morgan fingerprint density at radius 3 is 2.87 bits per heavy atom. The summed E-state index contributed by atoms with van der Waals surface area (Å²) in [5, 5.41) is 3.37. The van der Waals surface area contributed by atoms with Crippen LogP contribution in [-0.2, 0) is 9.47 Å². The van der Waals surface area contributed by atoms with Gasteiger partial charge in [-0.1, -0.05) is 12.8 Å². The second-order valence-corrected chi connectivity index (χ2v) is 4.78. The van der Waals surface area contributed by atoms with E-state index in [1.54, 1.807) is 0 Å². The lowest BCUT2D eigenvalue weighted by Gasteiger charge is -2.31. The summed E-state index contributed by atoms with van der Waals surface area (Å²) in [6.07, 6.45) is 6.77. The van der Waals surface area contributed by atoms with Gasteiger partial charge in [0.15, 0.2) is 0 Å². The fourth-order valence-electron chi connectivity index (χ4n) is 2.60. The summed E-state index contributed by atoms with van der Waals surface area (Å²) in [4.78, 5) is 0. The van der Waals surface area contributed by atoms with Crippen molar-refractivity contribution in [2.75, 3.05) is 26.9 Å². The Morgan fingerprint density at radius 2 is 2.13 bits per heavy atom. The van der Waals surface area contributed by atoms with E-state index < -0.39 is 0 Å². The van der Waals surface area contributed by atoms with E-state index in [4.69, 9.17) is 9.47 Å². The van der Waals surface area contributed by atoms with E-state index >= 15 is 0 Å². The maximum atomic E-state index is 6.03. The van der Waals surface area contributed by atoms with Gasteiger partial charge >= 0.3 is 0 Å². The molecule has 15 heavy (non-hydrogen) atoms. The molecule has 3 nitrogen and oxygen atoms in total. The third-order valence-electron chi connectivity index (χ3n) is 3.64. The molecule has 0 aromatic carbocycles. The minimum Gasteiger partial charge on any atom is -0.381 e. The van der Waals surface area contributed by atoms with Gasteiger partial charge in [-0.25, -0.2) is 0 Å². The zero-order valence-electron chi connectivity index (χ0n) is 9.71. The van der Waals surface area contributed by atoms with Crippen LogP contribution < -0.4 is 5.32 Å². The highest BCUT2D eigenvalue weighted by molar-refractivity contribution is 4.81. The molecular weight excluding hydrogens is 190 g/mol. The molecule has 2 fully saturated rings. The maximum absolute atomic E-state index is 6.03. The summed E-state index contributed by atoms with van der Waals surface area (Å²) < 4.78 is 11.4. The Bertz CT molecular complexity index is 180. The predicted octanol–water partition coefficient (Wildman–Crippen LogP) is 1.57. The van der Waals surface area contributed by atoms with Crippen LogP contribution in [0.5, 0.6) is 0 Å². The Kier molecular flexibility index (Phi) is 4.42. The molecule has 1 heterocycles. The molecule has 3 atom stereocenters. The van der Waals surface area contributed by atoms with Gasteiger partial charge in [-0.2, -0.15) is 0 Å². The minimum absolute atomic E-state index is 0.435. The van der Waals surface area contributed by atoms with Crippen molar-refractivity contribution in [2.45, 2.75) is 44.2 Å². The Balaban J connectivity index is 1.71. The molecule has 1 aliphatic carbocycles. The van der Waals surface area contributed by atoms with Crippen LogP contribution in [0.25, 0.3) is 0 Å².